The number of phenolic OH excluding ortho intramolecular Hbond substituents is 1. The quantitative estimate of drug-likeness (QED) is 0.783. The SMILES string of the molecule is COc1cc2c(cc1O)C(CO)N(C)CC2. The second-order valence-corrected chi connectivity index (χ2v) is 4.15. The summed E-state index contributed by atoms with van der Waals surface area (Å²) >= 11 is 0. The maximum atomic E-state index is 9.74. The van der Waals surface area contributed by atoms with Crippen molar-refractivity contribution in [1.29, 1.82) is 0 Å². The normalized spacial score (nSPS) is 20.6. The van der Waals surface area contributed by atoms with Gasteiger partial charge in [-0.15, -0.1) is 0 Å². The third-order valence-corrected chi connectivity index (χ3v) is 3.24. The highest BCUT2D eigenvalue weighted by atomic mass is 16.5. The molecule has 0 saturated carbocycles. The highest BCUT2D eigenvalue weighted by Crippen LogP contribution is 2.36. The third kappa shape index (κ3) is 1.74. The molecule has 4 heteroatoms. The van der Waals surface area contributed by atoms with Crippen LogP contribution in [-0.2, 0) is 6.42 Å². The predicted octanol–water partition coefficient (Wildman–Crippen LogP) is 0.922. The van der Waals surface area contributed by atoms with E-state index in [-0.39, 0.29) is 18.4 Å². The van der Waals surface area contributed by atoms with Crippen molar-refractivity contribution in [1.82, 2.24) is 4.90 Å². The van der Waals surface area contributed by atoms with Crippen LogP contribution in [0, 0.1) is 0 Å². The van der Waals surface area contributed by atoms with Gasteiger partial charge in [-0.2, -0.15) is 0 Å². The van der Waals surface area contributed by atoms with Crippen LogP contribution in [0.4, 0.5) is 0 Å². The molecule has 0 saturated heterocycles. The van der Waals surface area contributed by atoms with Crippen molar-refractivity contribution in [3.63, 3.8) is 0 Å². The first kappa shape index (κ1) is 11.2. The summed E-state index contributed by atoms with van der Waals surface area (Å²) in [6, 6.07) is 3.53. The van der Waals surface area contributed by atoms with Crippen molar-refractivity contribution in [2.75, 3.05) is 27.3 Å². The summed E-state index contributed by atoms with van der Waals surface area (Å²) in [5.41, 5.74) is 2.14. The first-order valence-corrected chi connectivity index (χ1v) is 5.38. The smallest absolute Gasteiger partial charge is 0.160 e. The number of hydrogen-bond donors (Lipinski definition) is 2. The largest absolute Gasteiger partial charge is 0.504 e. The zero-order valence-corrected chi connectivity index (χ0v) is 9.60. The zero-order chi connectivity index (χ0) is 11.7. The molecule has 0 aromatic heterocycles. The number of likely N-dealkylation sites (N-methyl/N-ethyl adjacent to an activating group) is 1. The molecule has 0 amide bonds. The number of rotatable bonds is 2. The number of aliphatic hydroxyl groups excluding tert-OH is 1. The summed E-state index contributed by atoms with van der Waals surface area (Å²) in [6.07, 6.45) is 0.916. The van der Waals surface area contributed by atoms with Gasteiger partial charge < -0.3 is 14.9 Å². The maximum absolute atomic E-state index is 9.74. The molecule has 1 aromatic carbocycles. The van der Waals surface area contributed by atoms with Crippen molar-refractivity contribution in [2.45, 2.75) is 12.5 Å². The minimum Gasteiger partial charge on any atom is -0.504 e. The second kappa shape index (κ2) is 4.31. The lowest BCUT2D eigenvalue weighted by atomic mass is 9.93. The number of fused-ring (bicyclic) bond motifs is 1. The topological polar surface area (TPSA) is 52.9 Å². The van der Waals surface area contributed by atoms with E-state index >= 15 is 0 Å². The van der Waals surface area contributed by atoms with Crippen LogP contribution in [0.2, 0.25) is 0 Å². The monoisotopic (exact) mass is 223 g/mol. The fraction of sp³-hybridized carbons (Fsp3) is 0.500. The van der Waals surface area contributed by atoms with E-state index in [9.17, 15) is 10.2 Å². The van der Waals surface area contributed by atoms with Crippen LogP contribution < -0.4 is 4.74 Å². The lowest BCUT2D eigenvalue weighted by Crippen LogP contribution is -2.34. The van der Waals surface area contributed by atoms with Crippen molar-refractivity contribution < 1.29 is 14.9 Å². The molecule has 1 aliphatic heterocycles. The number of nitrogens with zero attached hydrogens (tertiary/aromatic N) is 1. The Morgan fingerprint density at radius 1 is 1.50 bits per heavy atom. The molecule has 1 aromatic rings. The minimum atomic E-state index is -0.0273. The Balaban J connectivity index is 2.46. The van der Waals surface area contributed by atoms with Crippen LogP contribution in [0.3, 0.4) is 0 Å². The third-order valence-electron chi connectivity index (χ3n) is 3.24. The van der Waals surface area contributed by atoms with Crippen LogP contribution >= 0.6 is 0 Å². The predicted molar refractivity (Wildman–Crippen MR) is 60.8 cm³/mol. The molecule has 0 aliphatic carbocycles. The summed E-state index contributed by atoms with van der Waals surface area (Å²) in [4.78, 5) is 2.09. The average Bonchev–Trinajstić information content (AvgIpc) is 2.28. The van der Waals surface area contributed by atoms with Gasteiger partial charge in [0.2, 0.25) is 0 Å². The maximum Gasteiger partial charge on any atom is 0.160 e. The molecule has 1 unspecified atom stereocenters. The summed E-state index contributed by atoms with van der Waals surface area (Å²) in [5, 5.41) is 19.1. The van der Waals surface area contributed by atoms with Gasteiger partial charge in [0.1, 0.15) is 0 Å². The minimum absolute atomic E-state index is 0.0273. The Hall–Kier alpha value is -1.26. The van der Waals surface area contributed by atoms with Crippen LogP contribution in [-0.4, -0.2) is 42.4 Å². The Bertz CT molecular complexity index is 392. The van der Waals surface area contributed by atoms with Crippen molar-refractivity contribution in [3.8, 4) is 11.5 Å². The standard InChI is InChI=1S/C12H17NO3/c1-13-4-3-8-5-12(16-2)11(15)6-9(8)10(13)7-14/h5-6,10,14-15H,3-4,7H2,1-2H3. The van der Waals surface area contributed by atoms with Gasteiger partial charge in [0.05, 0.1) is 19.8 Å². The van der Waals surface area contributed by atoms with Gasteiger partial charge in [-0.25, -0.2) is 0 Å². The summed E-state index contributed by atoms with van der Waals surface area (Å²) in [7, 11) is 3.52. The second-order valence-electron chi connectivity index (χ2n) is 4.15. The van der Waals surface area contributed by atoms with E-state index in [1.54, 1.807) is 13.2 Å². The molecule has 1 aliphatic rings. The molecular weight excluding hydrogens is 206 g/mol. The highest BCUT2D eigenvalue weighted by molar-refractivity contribution is 5.48. The Morgan fingerprint density at radius 3 is 2.88 bits per heavy atom. The molecule has 2 rings (SSSR count). The van der Waals surface area contributed by atoms with Gasteiger partial charge in [0.15, 0.2) is 11.5 Å². The molecule has 1 atom stereocenters. The van der Waals surface area contributed by atoms with Crippen LogP contribution in [0.15, 0.2) is 12.1 Å². The number of ether oxygens (including phenoxy) is 1. The van der Waals surface area contributed by atoms with Crippen molar-refractivity contribution in [2.24, 2.45) is 0 Å². The molecule has 88 valence electrons. The van der Waals surface area contributed by atoms with E-state index in [0.29, 0.717) is 5.75 Å². The fourth-order valence-electron chi connectivity index (χ4n) is 2.24. The molecule has 16 heavy (non-hydrogen) atoms. The number of aliphatic hydroxyl groups is 1. The molecular formula is C12H17NO3. The Labute approximate surface area is 95.1 Å². The lowest BCUT2D eigenvalue weighted by molar-refractivity contribution is 0.139. The fourth-order valence-corrected chi connectivity index (χ4v) is 2.24. The summed E-state index contributed by atoms with van der Waals surface area (Å²) in [5.74, 6) is 0.634. The summed E-state index contributed by atoms with van der Waals surface area (Å²) < 4.78 is 5.08. The van der Waals surface area contributed by atoms with Gasteiger partial charge in [-0.05, 0) is 36.7 Å². The van der Waals surface area contributed by atoms with E-state index in [2.05, 4.69) is 4.90 Å². The Kier molecular flexibility index (Phi) is 3.03. The number of benzene rings is 1. The van der Waals surface area contributed by atoms with Gasteiger partial charge in [-0.1, -0.05) is 0 Å². The van der Waals surface area contributed by atoms with Crippen LogP contribution in [0.25, 0.3) is 0 Å². The molecule has 0 spiro atoms. The number of methoxy groups -OCH3 is 1. The molecule has 1 heterocycles. The van der Waals surface area contributed by atoms with Gasteiger partial charge in [0.25, 0.3) is 0 Å². The van der Waals surface area contributed by atoms with Crippen LogP contribution in [0.1, 0.15) is 17.2 Å². The van der Waals surface area contributed by atoms with Gasteiger partial charge >= 0.3 is 0 Å². The number of phenols is 1. The van der Waals surface area contributed by atoms with E-state index in [1.807, 2.05) is 13.1 Å². The molecule has 0 bridgehead atoms. The first-order chi connectivity index (χ1) is 7.67. The number of aromatic hydroxyl groups is 1. The molecule has 0 fully saturated rings. The molecule has 2 N–H and O–H groups in total. The first-order valence-electron chi connectivity index (χ1n) is 5.38. The van der Waals surface area contributed by atoms with E-state index in [4.69, 9.17) is 4.74 Å². The highest BCUT2D eigenvalue weighted by Gasteiger charge is 2.25. The number of hydrogen-bond acceptors (Lipinski definition) is 4. The van der Waals surface area contributed by atoms with E-state index in [0.717, 1.165) is 24.1 Å². The van der Waals surface area contributed by atoms with E-state index < -0.39 is 0 Å². The lowest BCUT2D eigenvalue weighted by Gasteiger charge is -2.33. The van der Waals surface area contributed by atoms with Crippen molar-refractivity contribution in [3.05, 3.63) is 23.3 Å². The van der Waals surface area contributed by atoms with Crippen LogP contribution in [0.5, 0.6) is 11.5 Å². The Morgan fingerprint density at radius 2 is 2.25 bits per heavy atom. The zero-order valence-electron chi connectivity index (χ0n) is 9.60. The summed E-state index contributed by atoms with van der Waals surface area (Å²) in [6.45, 7) is 0.974. The van der Waals surface area contributed by atoms with Gasteiger partial charge in [0, 0.05) is 6.54 Å². The van der Waals surface area contributed by atoms with Gasteiger partial charge in [-0.3, -0.25) is 4.90 Å². The van der Waals surface area contributed by atoms with Crippen molar-refractivity contribution >= 4 is 0 Å². The van der Waals surface area contributed by atoms with E-state index in [1.165, 1.54) is 0 Å². The molecule has 4 nitrogen and oxygen atoms in total. The molecule has 0 radical (unpaired) electrons. The average molecular weight is 223 g/mol.